The third-order valence-corrected chi connectivity index (χ3v) is 5.95. The molecule has 0 amide bonds. The van der Waals surface area contributed by atoms with Gasteiger partial charge in [-0.3, -0.25) is 0 Å². The zero-order chi connectivity index (χ0) is 23.8. The maximum atomic E-state index is 2.33. The zero-order valence-corrected chi connectivity index (χ0v) is 26.0. The van der Waals surface area contributed by atoms with Crippen LogP contribution in [0.1, 0.15) is 61.1 Å². The molecular formula is C30H40HfSi. The summed E-state index contributed by atoms with van der Waals surface area (Å²) in [5.74, 6) is 0. The second kappa shape index (κ2) is 12.8. The zero-order valence-electron chi connectivity index (χ0n) is 21.4. The predicted octanol–water partition coefficient (Wildman–Crippen LogP) is 8.77. The maximum absolute atomic E-state index is 2.33. The van der Waals surface area contributed by atoms with E-state index in [2.05, 4.69) is 103 Å². The molecule has 0 unspecified atom stereocenters. The van der Waals surface area contributed by atoms with Crippen LogP contribution >= 0.6 is 0 Å². The Labute approximate surface area is 211 Å². The fraction of sp³-hybridized carbons (Fsp3) is 0.400. The molecule has 0 fully saturated rings. The Morgan fingerprint density at radius 2 is 0.906 bits per heavy atom. The molecule has 0 N–H and O–H groups in total. The van der Waals surface area contributed by atoms with Gasteiger partial charge in [-0.05, 0) is 12.8 Å². The summed E-state index contributed by atoms with van der Waals surface area (Å²) in [6.07, 6.45) is 4.52. The van der Waals surface area contributed by atoms with Gasteiger partial charge in [0.25, 0.3) is 0 Å². The molecule has 4 aromatic carbocycles. The number of benzene rings is 2. The average Bonchev–Trinajstić information content (AvgIpc) is 3.34. The summed E-state index contributed by atoms with van der Waals surface area (Å²) in [7, 11) is 0. The van der Waals surface area contributed by atoms with E-state index in [1.54, 1.807) is 0 Å². The van der Waals surface area contributed by atoms with Crippen LogP contribution in [-0.2, 0) is 48.7 Å². The molecule has 0 aromatic heterocycles. The Morgan fingerprint density at radius 1 is 0.625 bits per heavy atom. The van der Waals surface area contributed by atoms with Crippen molar-refractivity contribution in [2.75, 3.05) is 0 Å². The predicted molar refractivity (Wildman–Crippen MR) is 144 cm³/mol. The van der Waals surface area contributed by atoms with Crippen LogP contribution < -0.4 is 0 Å². The third kappa shape index (κ3) is 6.87. The van der Waals surface area contributed by atoms with Gasteiger partial charge in [-0.1, -0.05) is 77.6 Å². The molecule has 0 saturated carbocycles. The van der Waals surface area contributed by atoms with Gasteiger partial charge in [-0.15, -0.1) is 68.1 Å². The van der Waals surface area contributed by atoms with Gasteiger partial charge < -0.3 is 0 Å². The number of hydrogen-bond acceptors (Lipinski definition) is 0. The van der Waals surface area contributed by atoms with E-state index in [1.807, 2.05) is 0 Å². The van der Waals surface area contributed by atoms with Crippen molar-refractivity contribution in [2.24, 2.45) is 0 Å². The minimum atomic E-state index is 0.259. The van der Waals surface area contributed by atoms with Crippen LogP contribution in [0.25, 0.3) is 21.5 Å². The van der Waals surface area contributed by atoms with E-state index in [4.69, 9.17) is 0 Å². The Bertz CT molecular complexity index is 999. The second-order valence-corrected chi connectivity index (χ2v) is 21.7. The second-order valence-electron chi connectivity index (χ2n) is 8.90. The first-order chi connectivity index (χ1) is 15.2. The number of fused-ring (bicyclic) bond motifs is 2. The van der Waals surface area contributed by atoms with Crippen LogP contribution in [0.2, 0.25) is 13.1 Å². The molecule has 2 heteroatoms. The molecule has 0 bridgehead atoms. The van der Waals surface area contributed by atoms with E-state index < -0.39 is 0 Å². The number of aryl methyl sites for hydroxylation is 6. The van der Waals surface area contributed by atoms with Crippen molar-refractivity contribution in [3.8, 4) is 0 Å². The molecule has 4 rings (SSSR count). The van der Waals surface area contributed by atoms with Gasteiger partial charge in [0.1, 0.15) is 0 Å². The van der Waals surface area contributed by atoms with Gasteiger partial charge >= 0.3 is 41.6 Å². The van der Waals surface area contributed by atoms with Crippen molar-refractivity contribution >= 4 is 27.0 Å². The number of rotatable bonds is 4. The molecule has 4 aromatic rings. The van der Waals surface area contributed by atoms with Crippen LogP contribution in [0.5, 0.6) is 0 Å². The fourth-order valence-corrected chi connectivity index (χ4v) is 4.36. The summed E-state index contributed by atoms with van der Waals surface area (Å²) in [5.41, 5.74) is 8.94. The topological polar surface area (TPSA) is 0 Å². The first-order valence-electron chi connectivity index (χ1n) is 12.1. The molecule has 0 aliphatic heterocycles. The fourth-order valence-electron chi connectivity index (χ4n) is 4.36. The minimum absolute atomic E-state index is 0.259. The normalized spacial score (nSPS) is 10.6. The molecule has 0 nitrogen and oxygen atoms in total. The van der Waals surface area contributed by atoms with Crippen LogP contribution in [0.15, 0.2) is 48.5 Å². The number of hydrogen-bond donors (Lipinski definition) is 0. The quantitative estimate of drug-likeness (QED) is 0.161. The summed E-state index contributed by atoms with van der Waals surface area (Å²) in [6.45, 7) is 17.9. The third-order valence-electron chi connectivity index (χ3n) is 5.95. The summed E-state index contributed by atoms with van der Waals surface area (Å²) in [4.78, 5) is 0. The van der Waals surface area contributed by atoms with E-state index in [1.165, 1.54) is 77.9 Å². The van der Waals surface area contributed by atoms with Gasteiger partial charge in [-0.25, -0.2) is 0 Å². The summed E-state index contributed by atoms with van der Waals surface area (Å²) in [6, 6.07) is 18.4. The van der Waals surface area contributed by atoms with Gasteiger partial charge in [0.15, 0.2) is 0 Å². The Morgan fingerprint density at radius 3 is 1.19 bits per heavy atom. The molecule has 0 aliphatic rings. The van der Waals surface area contributed by atoms with Crippen LogP contribution in [0.4, 0.5) is 0 Å². The monoisotopic (exact) mass is 608 g/mol. The standard InChI is InChI=1S/2C14H17.C2H6Si.Hf/c2*1-4-11-6-7-12(5-2)14-9-10(3)8-13(11)14;1-3-2;/h2*6-9H,4-5H2,1-3H3;1-2H3;/q2*-1;;+2. The van der Waals surface area contributed by atoms with Gasteiger partial charge in [0.05, 0.1) is 0 Å². The van der Waals surface area contributed by atoms with E-state index >= 15 is 0 Å². The molecule has 0 radical (unpaired) electrons. The van der Waals surface area contributed by atoms with E-state index in [9.17, 15) is 0 Å². The van der Waals surface area contributed by atoms with Crippen molar-refractivity contribution in [2.45, 2.75) is 80.3 Å². The molecule has 32 heavy (non-hydrogen) atoms. The van der Waals surface area contributed by atoms with Gasteiger partial charge in [0.2, 0.25) is 0 Å². The molecular weight excluding hydrogens is 567 g/mol. The molecule has 0 heterocycles. The van der Waals surface area contributed by atoms with Crippen LogP contribution in [-0.4, -0.2) is 5.49 Å². The Kier molecular flexibility index (Phi) is 10.8. The first kappa shape index (κ1) is 27.0. The van der Waals surface area contributed by atoms with Crippen molar-refractivity contribution in [1.29, 1.82) is 0 Å². The molecule has 0 saturated heterocycles. The van der Waals surface area contributed by atoms with Crippen molar-refractivity contribution < 1.29 is 23.0 Å². The van der Waals surface area contributed by atoms with Crippen LogP contribution in [0.3, 0.4) is 0 Å². The van der Waals surface area contributed by atoms with Crippen molar-refractivity contribution in [1.82, 2.24) is 0 Å². The first-order valence-corrected chi connectivity index (χ1v) is 20.0. The summed E-state index contributed by atoms with van der Waals surface area (Å²) >= 11 is 1.45. The average molecular weight is 607 g/mol. The van der Waals surface area contributed by atoms with Crippen LogP contribution in [0, 0.1) is 13.8 Å². The van der Waals surface area contributed by atoms with E-state index in [0.717, 1.165) is 25.7 Å². The SMILES string of the molecule is CCc1ccc(CC)c2[cH-]c(C)cc12.CCc1ccc(CC)c2[cH-]c(C)cc12.C[Si](C)=[Hf+2]. The Balaban J connectivity index is 0.000000195. The van der Waals surface area contributed by atoms with Crippen molar-refractivity contribution in [3.05, 3.63) is 81.9 Å². The van der Waals surface area contributed by atoms with Crippen molar-refractivity contribution in [3.63, 3.8) is 0 Å². The van der Waals surface area contributed by atoms with Gasteiger partial charge in [-0.2, -0.15) is 12.1 Å². The summed E-state index contributed by atoms with van der Waals surface area (Å²) in [5, 5.41) is 5.85. The molecule has 0 aliphatic carbocycles. The van der Waals surface area contributed by atoms with E-state index in [0.29, 0.717) is 0 Å². The molecule has 168 valence electrons. The Hall–Kier alpha value is -1.25. The molecule has 0 spiro atoms. The summed E-state index contributed by atoms with van der Waals surface area (Å²) < 4.78 is 0. The molecule has 0 atom stereocenters. The van der Waals surface area contributed by atoms with E-state index in [-0.39, 0.29) is 5.49 Å². The van der Waals surface area contributed by atoms with Gasteiger partial charge in [0, 0.05) is 0 Å².